The lowest BCUT2D eigenvalue weighted by Gasteiger charge is -2.34. The number of anilines is 1. The molecule has 0 aliphatic carbocycles. The molecule has 1 aliphatic rings. The topological polar surface area (TPSA) is 62.3 Å². The van der Waals surface area contributed by atoms with E-state index in [0.29, 0.717) is 5.82 Å². The molecule has 0 bridgehead atoms. The normalized spacial score (nSPS) is 13.0. The Hall–Kier alpha value is -3.69. The first-order chi connectivity index (χ1) is 15.4. The number of pyridine rings is 1. The molecule has 0 unspecified atom stereocenters. The molecule has 0 radical (unpaired) electrons. The second kappa shape index (κ2) is 9.21. The Morgan fingerprint density at radius 2 is 1.81 bits per heavy atom. The second-order valence-electron chi connectivity index (χ2n) is 7.46. The summed E-state index contributed by atoms with van der Waals surface area (Å²) in [5.41, 5.74) is 2.77. The molecule has 0 saturated carbocycles. The number of aromatic nitrogens is 1. The number of benzene rings is 2. The SMILES string of the molecule is Cc1cc(C#Cc2ccccc2)cnc1NC(=O)c1cc(C(=O)N2CC(F)C2)ccc1Cl. The van der Waals surface area contributed by atoms with Crippen molar-refractivity contribution in [1.29, 1.82) is 0 Å². The third kappa shape index (κ3) is 4.79. The van der Waals surface area contributed by atoms with E-state index in [2.05, 4.69) is 22.1 Å². The van der Waals surface area contributed by atoms with Gasteiger partial charge < -0.3 is 10.2 Å². The number of hydrogen-bond donors (Lipinski definition) is 1. The quantitative estimate of drug-likeness (QED) is 0.602. The molecule has 7 heteroatoms. The van der Waals surface area contributed by atoms with Gasteiger partial charge in [0, 0.05) is 22.9 Å². The molecule has 160 valence electrons. The summed E-state index contributed by atoms with van der Waals surface area (Å²) in [5, 5.41) is 2.93. The minimum absolute atomic E-state index is 0.0611. The van der Waals surface area contributed by atoms with Gasteiger partial charge in [-0.1, -0.05) is 41.6 Å². The van der Waals surface area contributed by atoms with Crippen LogP contribution in [0.25, 0.3) is 0 Å². The van der Waals surface area contributed by atoms with E-state index in [1.165, 1.54) is 23.1 Å². The van der Waals surface area contributed by atoms with Crippen molar-refractivity contribution in [1.82, 2.24) is 9.88 Å². The summed E-state index contributed by atoms with van der Waals surface area (Å²) in [6.07, 6.45) is 0.584. The molecule has 2 aromatic carbocycles. The Kier molecular flexibility index (Phi) is 6.20. The van der Waals surface area contributed by atoms with Crippen molar-refractivity contribution in [3.05, 3.63) is 93.6 Å². The Morgan fingerprint density at radius 3 is 2.50 bits per heavy atom. The van der Waals surface area contributed by atoms with Crippen LogP contribution in [0.15, 0.2) is 60.8 Å². The van der Waals surface area contributed by atoms with Gasteiger partial charge in [0.15, 0.2) is 0 Å². The molecule has 1 aromatic heterocycles. The maximum Gasteiger partial charge on any atom is 0.258 e. The van der Waals surface area contributed by atoms with Gasteiger partial charge in [-0.25, -0.2) is 9.37 Å². The van der Waals surface area contributed by atoms with Gasteiger partial charge in [-0.3, -0.25) is 9.59 Å². The van der Waals surface area contributed by atoms with E-state index in [9.17, 15) is 14.0 Å². The Balaban J connectivity index is 1.50. The van der Waals surface area contributed by atoms with Crippen molar-refractivity contribution in [2.75, 3.05) is 18.4 Å². The smallest absolute Gasteiger partial charge is 0.258 e. The molecular formula is C25H19ClFN3O2. The van der Waals surface area contributed by atoms with Gasteiger partial charge in [-0.2, -0.15) is 0 Å². The molecule has 1 fully saturated rings. The highest BCUT2D eigenvalue weighted by Gasteiger charge is 2.31. The van der Waals surface area contributed by atoms with Crippen molar-refractivity contribution in [3.8, 4) is 11.8 Å². The lowest BCUT2D eigenvalue weighted by molar-refractivity contribution is 0.0400. The molecule has 1 saturated heterocycles. The maximum atomic E-state index is 13.1. The van der Waals surface area contributed by atoms with Crippen molar-refractivity contribution in [2.45, 2.75) is 13.1 Å². The van der Waals surface area contributed by atoms with Crippen molar-refractivity contribution < 1.29 is 14.0 Å². The number of nitrogens with one attached hydrogen (secondary N) is 1. The molecular weight excluding hydrogens is 429 g/mol. The van der Waals surface area contributed by atoms with Crippen LogP contribution in [0.4, 0.5) is 10.2 Å². The van der Waals surface area contributed by atoms with Gasteiger partial charge in [0.2, 0.25) is 0 Å². The van der Waals surface area contributed by atoms with E-state index in [-0.39, 0.29) is 35.1 Å². The van der Waals surface area contributed by atoms with Crippen LogP contribution in [0, 0.1) is 18.8 Å². The second-order valence-corrected chi connectivity index (χ2v) is 7.87. The third-order valence-electron chi connectivity index (χ3n) is 5.02. The molecule has 2 heterocycles. The number of nitrogens with zero attached hydrogens (tertiary/aromatic N) is 2. The van der Waals surface area contributed by atoms with Crippen LogP contribution in [0.1, 0.15) is 37.4 Å². The van der Waals surface area contributed by atoms with E-state index >= 15 is 0 Å². The highest BCUT2D eigenvalue weighted by molar-refractivity contribution is 6.34. The van der Waals surface area contributed by atoms with Crippen LogP contribution in [0.2, 0.25) is 5.02 Å². The zero-order valence-corrected chi connectivity index (χ0v) is 18.0. The predicted octanol–water partition coefficient (Wildman–Crippen LogP) is 4.49. The number of amides is 2. The van der Waals surface area contributed by atoms with Crippen LogP contribution in [-0.4, -0.2) is 41.0 Å². The van der Waals surface area contributed by atoms with E-state index in [1.54, 1.807) is 6.20 Å². The summed E-state index contributed by atoms with van der Waals surface area (Å²) >= 11 is 6.19. The van der Waals surface area contributed by atoms with Crippen LogP contribution < -0.4 is 5.32 Å². The molecule has 5 nitrogen and oxygen atoms in total. The van der Waals surface area contributed by atoms with Gasteiger partial charge in [0.25, 0.3) is 11.8 Å². The van der Waals surface area contributed by atoms with Gasteiger partial charge in [0.1, 0.15) is 12.0 Å². The summed E-state index contributed by atoms with van der Waals surface area (Å²) in [5.74, 6) is 5.67. The highest BCUT2D eigenvalue weighted by Crippen LogP contribution is 2.23. The number of carbonyl (C=O) groups excluding carboxylic acids is 2. The van der Waals surface area contributed by atoms with E-state index in [1.807, 2.05) is 43.3 Å². The number of halogens is 2. The van der Waals surface area contributed by atoms with Crippen LogP contribution >= 0.6 is 11.6 Å². The standard InChI is InChI=1S/C25H19ClFN3O2/c1-16-11-18(8-7-17-5-3-2-4-6-17)13-28-23(16)29-24(31)21-12-19(9-10-22(21)26)25(32)30-14-20(27)15-30/h2-6,9-13,20H,14-15H2,1H3,(H,28,29,31). The van der Waals surface area contributed by atoms with Crippen LogP contribution in [0.3, 0.4) is 0 Å². The highest BCUT2D eigenvalue weighted by atomic mass is 35.5. The first kappa shape index (κ1) is 21.5. The molecule has 1 N–H and O–H groups in total. The fourth-order valence-corrected chi connectivity index (χ4v) is 3.42. The number of carbonyl (C=O) groups is 2. The molecule has 0 spiro atoms. The molecule has 32 heavy (non-hydrogen) atoms. The number of hydrogen-bond acceptors (Lipinski definition) is 3. The third-order valence-corrected chi connectivity index (χ3v) is 5.35. The summed E-state index contributed by atoms with van der Waals surface area (Å²) in [7, 11) is 0. The Morgan fingerprint density at radius 1 is 1.09 bits per heavy atom. The maximum absolute atomic E-state index is 13.1. The van der Waals surface area contributed by atoms with Crippen molar-refractivity contribution >= 4 is 29.2 Å². The van der Waals surface area contributed by atoms with Gasteiger partial charge in [-0.05, 0) is 48.9 Å². The summed E-state index contributed by atoms with van der Waals surface area (Å²) in [4.78, 5) is 30.9. The fraction of sp³-hybridized carbons (Fsp3) is 0.160. The molecule has 3 aromatic rings. The monoisotopic (exact) mass is 447 g/mol. The zero-order chi connectivity index (χ0) is 22.7. The predicted molar refractivity (Wildman–Crippen MR) is 122 cm³/mol. The summed E-state index contributed by atoms with van der Waals surface area (Å²) in [6, 6.07) is 15.9. The molecule has 2 amide bonds. The molecule has 4 rings (SSSR count). The van der Waals surface area contributed by atoms with Crippen LogP contribution in [0.5, 0.6) is 0 Å². The van der Waals surface area contributed by atoms with E-state index in [4.69, 9.17) is 11.6 Å². The first-order valence-electron chi connectivity index (χ1n) is 9.98. The van der Waals surface area contributed by atoms with Crippen LogP contribution in [-0.2, 0) is 0 Å². The number of alkyl halides is 1. The molecule has 0 atom stereocenters. The summed E-state index contributed by atoms with van der Waals surface area (Å²) < 4.78 is 13.1. The first-order valence-corrected chi connectivity index (χ1v) is 10.4. The zero-order valence-electron chi connectivity index (χ0n) is 17.2. The average molecular weight is 448 g/mol. The number of aryl methyl sites for hydroxylation is 1. The Labute approximate surface area is 190 Å². The number of likely N-dealkylation sites (tertiary alicyclic amines) is 1. The number of rotatable bonds is 3. The van der Waals surface area contributed by atoms with E-state index < -0.39 is 12.1 Å². The minimum atomic E-state index is -0.997. The van der Waals surface area contributed by atoms with Crippen molar-refractivity contribution in [3.63, 3.8) is 0 Å². The minimum Gasteiger partial charge on any atom is -0.333 e. The lowest BCUT2D eigenvalue weighted by Crippen LogP contribution is -2.51. The summed E-state index contributed by atoms with van der Waals surface area (Å²) in [6.45, 7) is 1.94. The lowest BCUT2D eigenvalue weighted by atomic mass is 10.1. The molecule has 1 aliphatic heterocycles. The van der Waals surface area contributed by atoms with Gasteiger partial charge in [-0.15, -0.1) is 0 Å². The van der Waals surface area contributed by atoms with E-state index in [0.717, 1.165) is 16.7 Å². The van der Waals surface area contributed by atoms with Crippen molar-refractivity contribution in [2.24, 2.45) is 0 Å². The van der Waals surface area contributed by atoms with Gasteiger partial charge in [0.05, 0.1) is 23.7 Å². The Bertz CT molecular complexity index is 1250. The fourth-order valence-electron chi connectivity index (χ4n) is 3.22. The van der Waals surface area contributed by atoms with Gasteiger partial charge >= 0.3 is 0 Å². The largest absolute Gasteiger partial charge is 0.333 e. The average Bonchev–Trinajstić information content (AvgIpc) is 2.77.